The van der Waals surface area contributed by atoms with Gasteiger partial charge in [0.25, 0.3) is 0 Å². The van der Waals surface area contributed by atoms with E-state index in [0.717, 1.165) is 19.6 Å². The molecule has 1 unspecified atom stereocenters. The lowest BCUT2D eigenvalue weighted by atomic mass is 10.2. The van der Waals surface area contributed by atoms with Gasteiger partial charge in [-0.1, -0.05) is 15.9 Å². The second-order valence-electron chi connectivity index (χ2n) is 6.41. The topological polar surface area (TPSA) is 35.6 Å². The molecule has 0 bridgehead atoms. The van der Waals surface area contributed by atoms with Gasteiger partial charge in [0.1, 0.15) is 5.82 Å². The van der Waals surface area contributed by atoms with E-state index < -0.39 is 5.82 Å². The Morgan fingerprint density at radius 2 is 2.09 bits per heavy atom. The van der Waals surface area contributed by atoms with Gasteiger partial charge in [-0.25, -0.2) is 4.39 Å². The summed E-state index contributed by atoms with van der Waals surface area (Å²) in [6.07, 6.45) is 4.24. The van der Waals surface area contributed by atoms with Crippen LogP contribution >= 0.6 is 15.9 Å². The lowest BCUT2D eigenvalue weighted by Crippen LogP contribution is -2.36. The fourth-order valence-electron chi connectivity index (χ4n) is 3.48. The number of amides is 1. The highest BCUT2D eigenvalue weighted by Gasteiger charge is 2.29. The van der Waals surface area contributed by atoms with E-state index in [4.69, 9.17) is 0 Å². The Hall–Kier alpha value is -0.980. The zero-order valence-corrected chi connectivity index (χ0v) is 14.8. The molecule has 0 aromatic heterocycles. The number of carbonyl (C=O) groups is 1. The van der Waals surface area contributed by atoms with Gasteiger partial charge in [-0.15, -0.1) is 0 Å². The van der Waals surface area contributed by atoms with Gasteiger partial charge in [0, 0.05) is 30.0 Å². The highest BCUT2D eigenvalue weighted by Crippen LogP contribution is 2.21. The predicted octanol–water partition coefficient (Wildman–Crippen LogP) is 3.09. The van der Waals surface area contributed by atoms with Gasteiger partial charge in [0.05, 0.1) is 5.69 Å². The molecule has 0 radical (unpaired) electrons. The third-order valence-corrected chi connectivity index (χ3v) is 5.26. The summed E-state index contributed by atoms with van der Waals surface area (Å²) in [5.41, 5.74) is 0.245. The smallest absolute Gasteiger partial charge is 0.225 e. The van der Waals surface area contributed by atoms with Crippen molar-refractivity contribution in [2.24, 2.45) is 0 Å². The van der Waals surface area contributed by atoms with Gasteiger partial charge in [-0.2, -0.15) is 0 Å². The van der Waals surface area contributed by atoms with Crippen molar-refractivity contribution in [3.05, 3.63) is 28.5 Å². The molecule has 2 aliphatic rings. The van der Waals surface area contributed by atoms with Gasteiger partial charge >= 0.3 is 0 Å². The Kier molecular flexibility index (Phi) is 5.67. The van der Waals surface area contributed by atoms with Crippen molar-refractivity contribution >= 4 is 27.5 Å². The van der Waals surface area contributed by atoms with Crippen LogP contribution in [0, 0.1) is 5.82 Å². The van der Waals surface area contributed by atoms with Crippen molar-refractivity contribution in [2.45, 2.75) is 31.7 Å². The molecule has 6 heteroatoms. The lowest BCUT2D eigenvalue weighted by Gasteiger charge is -2.23. The van der Waals surface area contributed by atoms with E-state index in [2.05, 4.69) is 31.0 Å². The van der Waals surface area contributed by atoms with Crippen molar-refractivity contribution in [1.29, 1.82) is 0 Å². The van der Waals surface area contributed by atoms with Crippen molar-refractivity contribution in [1.82, 2.24) is 9.80 Å². The van der Waals surface area contributed by atoms with Crippen LogP contribution in [0.15, 0.2) is 22.7 Å². The molecule has 2 heterocycles. The molecule has 3 rings (SSSR count). The fraction of sp³-hybridized carbons (Fsp3) is 0.588. The van der Waals surface area contributed by atoms with E-state index in [1.807, 2.05) is 0 Å². The summed E-state index contributed by atoms with van der Waals surface area (Å²) < 4.78 is 14.4. The molecule has 2 fully saturated rings. The van der Waals surface area contributed by atoms with Crippen molar-refractivity contribution in [3.8, 4) is 0 Å². The Morgan fingerprint density at radius 1 is 1.30 bits per heavy atom. The Balaban J connectivity index is 1.42. The second kappa shape index (κ2) is 7.73. The molecule has 23 heavy (non-hydrogen) atoms. The first-order chi connectivity index (χ1) is 11.1. The average Bonchev–Trinajstić information content (AvgIpc) is 3.18. The van der Waals surface area contributed by atoms with Crippen molar-refractivity contribution < 1.29 is 9.18 Å². The molecule has 126 valence electrons. The minimum Gasteiger partial charge on any atom is -0.324 e. The minimum atomic E-state index is -0.414. The standard InChI is InChI=1S/C17H23BrFN3O/c18-13-3-4-16(15(19)11-13)20-17(23)6-10-21-9-5-14(12-21)22-7-1-2-8-22/h3-4,11,14H,1-2,5-10,12H2,(H,20,23). The van der Waals surface area contributed by atoms with Crippen molar-refractivity contribution in [2.75, 3.05) is 38.0 Å². The number of benzene rings is 1. The third-order valence-electron chi connectivity index (χ3n) is 4.76. The SMILES string of the molecule is O=C(CCN1CCC(N2CCCC2)C1)Nc1ccc(Br)cc1F. The molecule has 1 amide bonds. The molecule has 1 aromatic rings. The summed E-state index contributed by atoms with van der Waals surface area (Å²) in [6.45, 7) is 5.30. The van der Waals surface area contributed by atoms with Crippen LogP contribution in [-0.4, -0.2) is 54.5 Å². The molecule has 2 aliphatic heterocycles. The molecule has 1 aromatic carbocycles. The maximum atomic E-state index is 13.7. The summed E-state index contributed by atoms with van der Waals surface area (Å²) in [6, 6.07) is 5.32. The molecule has 1 N–H and O–H groups in total. The minimum absolute atomic E-state index is 0.129. The zero-order chi connectivity index (χ0) is 16.2. The largest absolute Gasteiger partial charge is 0.324 e. The van der Waals surface area contributed by atoms with E-state index in [0.29, 0.717) is 16.9 Å². The summed E-state index contributed by atoms with van der Waals surface area (Å²) in [5, 5.41) is 2.66. The van der Waals surface area contributed by atoms with Gasteiger partial charge in [-0.05, 0) is 57.1 Å². The summed E-state index contributed by atoms with van der Waals surface area (Å²) >= 11 is 3.21. The van der Waals surface area contributed by atoms with Gasteiger partial charge < -0.3 is 10.2 Å². The number of likely N-dealkylation sites (tertiary alicyclic amines) is 2. The van der Waals surface area contributed by atoms with E-state index in [1.54, 1.807) is 12.1 Å². The summed E-state index contributed by atoms with van der Waals surface area (Å²) in [5.74, 6) is -0.543. The van der Waals surface area contributed by atoms with Crippen LogP contribution in [0.5, 0.6) is 0 Å². The van der Waals surface area contributed by atoms with Gasteiger partial charge in [0.15, 0.2) is 0 Å². The third kappa shape index (κ3) is 4.52. The number of carbonyl (C=O) groups excluding carboxylic acids is 1. The average molecular weight is 384 g/mol. The highest BCUT2D eigenvalue weighted by molar-refractivity contribution is 9.10. The predicted molar refractivity (Wildman–Crippen MR) is 93.0 cm³/mol. The zero-order valence-electron chi connectivity index (χ0n) is 13.2. The number of halogens is 2. The number of rotatable bonds is 5. The summed E-state index contributed by atoms with van der Waals surface area (Å²) in [7, 11) is 0. The first-order valence-electron chi connectivity index (χ1n) is 8.33. The lowest BCUT2D eigenvalue weighted by molar-refractivity contribution is -0.116. The van der Waals surface area contributed by atoms with E-state index >= 15 is 0 Å². The maximum absolute atomic E-state index is 13.7. The fourth-order valence-corrected chi connectivity index (χ4v) is 3.82. The van der Waals surface area contributed by atoms with Crippen LogP contribution < -0.4 is 5.32 Å². The number of hydrogen-bond acceptors (Lipinski definition) is 3. The van der Waals surface area contributed by atoms with Crippen LogP contribution in [0.25, 0.3) is 0 Å². The van der Waals surface area contributed by atoms with Crippen molar-refractivity contribution in [3.63, 3.8) is 0 Å². The van der Waals surface area contributed by atoms with E-state index in [9.17, 15) is 9.18 Å². The monoisotopic (exact) mass is 383 g/mol. The molecular formula is C17H23BrFN3O. The number of nitrogens with zero attached hydrogens (tertiary/aromatic N) is 2. The van der Waals surface area contributed by atoms with E-state index in [-0.39, 0.29) is 11.6 Å². The molecule has 2 saturated heterocycles. The Labute approximate surface area is 145 Å². The molecule has 4 nitrogen and oxygen atoms in total. The number of nitrogens with one attached hydrogen (secondary N) is 1. The first kappa shape index (κ1) is 16.9. The Bertz CT molecular complexity index is 563. The molecule has 0 spiro atoms. The molecule has 1 atom stereocenters. The quantitative estimate of drug-likeness (QED) is 0.848. The van der Waals surface area contributed by atoms with Crippen LogP contribution in [0.2, 0.25) is 0 Å². The number of hydrogen-bond donors (Lipinski definition) is 1. The molecular weight excluding hydrogens is 361 g/mol. The van der Waals surface area contributed by atoms with Gasteiger partial charge in [-0.3, -0.25) is 9.69 Å². The van der Waals surface area contributed by atoms with E-state index in [1.165, 1.54) is 38.4 Å². The highest BCUT2D eigenvalue weighted by atomic mass is 79.9. The maximum Gasteiger partial charge on any atom is 0.225 e. The molecule has 0 saturated carbocycles. The first-order valence-corrected chi connectivity index (χ1v) is 9.12. The van der Waals surface area contributed by atoms with Crippen LogP contribution in [0.4, 0.5) is 10.1 Å². The van der Waals surface area contributed by atoms with Gasteiger partial charge in [0.2, 0.25) is 5.91 Å². The molecule has 0 aliphatic carbocycles. The van der Waals surface area contributed by atoms with Crippen LogP contribution in [0.1, 0.15) is 25.7 Å². The Morgan fingerprint density at radius 3 is 2.83 bits per heavy atom. The van der Waals surface area contributed by atoms with Crippen LogP contribution in [-0.2, 0) is 4.79 Å². The number of anilines is 1. The van der Waals surface area contributed by atoms with Crippen LogP contribution in [0.3, 0.4) is 0 Å². The summed E-state index contributed by atoms with van der Waals surface area (Å²) in [4.78, 5) is 16.9. The second-order valence-corrected chi connectivity index (χ2v) is 7.32. The normalized spacial score (nSPS) is 22.6.